The summed E-state index contributed by atoms with van der Waals surface area (Å²) in [5, 5.41) is -0.269. The van der Waals surface area contributed by atoms with Crippen molar-refractivity contribution in [1.82, 2.24) is 0 Å². The van der Waals surface area contributed by atoms with Gasteiger partial charge >= 0.3 is 0 Å². The number of sulfone groups is 1. The second-order valence-corrected chi connectivity index (χ2v) is 6.90. The lowest BCUT2D eigenvalue weighted by molar-refractivity contribution is 0.317. The van der Waals surface area contributed by atoms with Crippen LogP contribution in [0.3, 0.4) is 0 Å². The van der Waals surface area contributed by atoms with E-state index in [4.69, 9.17) is 10.5 Å². The molecule has 1 rings (SSSR count). The predicted octanol–water partition coefficient (Wildman–Crippen LogP) is 2.25. The summed E-state index contributed by atoms with van der Waals surface area (Å²) in [7, 11) is -2.97. The van der Waals surface area contributed by atoms with Crippen molar-refractivity contribution in [1.29, 1.82) is 0 Å². The van der Waals surface area contributed by atoms with Gasteiger partial charge in [-0.3, -0.25) is 0 Å². The van der Waals surface area contributed by atoms with E-state index in [2.05, 4.69) is 0 Å². The van der Waals surface area contributed by atoms with E-state index in [1.54, 1.807) is 31.2 Å². The maximum Gasteiger partial charge on any atom is 0.153 e. The normalized spacial score (nSPS) is 13.2. The maximum atomic E-state index is 11.7. The summed E-state index contributed by atoms with van der Waals surface area (Å²) < 4.78 is 28.9. The van der Waals surface area contributed by atoms with Gasteiger partial charge in [0.1, 0.15) is 5.75 Å². The number of hydrogen-bond acceptors (Lipinski definition) is 4. The Kier molecular flexibility index (Phi) is 5.47. The van der Waals surface area contributed by atoms with Gasteiger partial charge in [-0.25, -0.2) is 8.42 Å². The minimum absolute atomic E-state index is 0.178. The molecule has 0 amide bonds. The molecule has 2 N–H and O–H groups in total. The first kappa shape index (κ1) is 14.8. The SMILES string of the molecule is CCC(C)S(=O)(=O)CCCOc1ccc(N)cc1. The number of rotatable bonds is 7. The monoisotopic (exact) mass is 271 g/mol. The molecule has 0 aliphatic heterocycles. The number of hydrogen-bond donors (Lipinski definition) is 1. The van der Waals surface area contributed by atoms with E-state index in [0.717, 1.165) is 0 Å². The Morgan fingerprint density at radius 3 is 2.44 bits per heavy atom. The molecule has 0 aliphatic carbocycles. The number of nitrogens with two attached hydrogens (primary N) is 1. The molecule has 1 atom stereocenters. The predicted molar refractivity (Wildman–Crippen MR) is 74.5 cm³/mol. The number of anilines is 1. The first-order valence-electron chi connectivity index (χ1n) is 6.15. The van der Waals surface area contributed by atoms with Gasteiger partial charge in [0.2, 0.25) is 0 Å². The van der Waals surface area contributed by atoms with Gasteiger partial charge < -0.3 is 10.5 Å². The largest absolute Gasteiger partial charge is 0.494 e. The highest BCUT2D eigenvalue weighted by molar-refractivity contribution is 7.91. The van der Waals surface area contributed by atoms with Crippen LogP contribution in [0.15, 0.2) is 24.3 Å². The Morgan fingerprint density at radius 2 is 1.89 bits per heavy atom. The summed E-state index contributed by atoms with van der Waals surface area (Å²) >= 11 is 0. The molecular weight excluding hydrogens is 250 g/mol. The van der Waals surface area contributed by atoms with Gasteiger partial charge in [-0.1, -0.05) is 6.92 Å². The maximum absolute atomic E-state index is 11.7. The van der Waals surface area contributed by atoms with Crippen molar-refractivity contribution in [3.8, 4) is 5.75 Å². The topological polar surface area (TPSA) is 69.4 Å². The van der Waals surface area contributed by atoms with Crippen molar-refractivity contribution in [3.63, 3.8) is 0 Å². The van der Waals surface area contributed by atoms with E-state index in [1.165, 1.54) is 0 Å². The number of ether oxygens (including phenoxy) is 1. The van der Waals surface area contributed by atoms with Crippen LogP contribution in [0.4, 0.5) is 5.69 Å². The van der Waals surface area contributed by atoms with Crippen LogP contribution >= 0.6 is 0 Å². The Balaban J connectivity index is 2.33. The van der Waals surface area contributed by atoms with E-state index in [0.29, 0.717) is 30.9 Å². The number of benzene rings is 1. The Bertz CT molecular complexity index is 454. The molecule has 1 aromatic rings. The van der Waals surface area contributed by atoms with Crippen molar-refractivity contribution >= 4 is 15.5 Å². The van der Waals surface area contributed by atoms with Crippen molar-refractivity contribution in [2.75, 3.05) is 18.1 Å². The van der Waals surface area contributed by atoms with Crippen LogP contribution in [0.25, 0.3) is 0 Å². The molecule has 0 aromatic heterocycles. The van der Waals surface area contributed by atoms with Crippen LogP contribution in [0.5, 0.6) is 5.75 Å². The van der Waals surface area contributed by atoms with Gasteiger partial charge in [0.15, 0.2) is 9.84 Å². The molecule has 102 valence electrons. The van der Waals surface area contributed by atoms with Crippen LogP contribution < -0.4 is 10.5 Å². The lowest BCUT2D eigenvalue weighted by Gasteiger charge is -2.11. The lowest BCUT2D eigenvalue weighted by Crippen LogP contribution is -2.21. The molecule has 5 heteroatoms. The Morgan fingerprint density at radius 1 is 1.28 bits per heavy atom. The molecule has 0 saturated heterocycles. The minimum atomic E-state index is -2.97. The Labute approximate surface area is 109 Å². The molecule has 0 radical (unpaired) electrons. The van der Waals surface area contributed by atoms with Crippen LogP contribution in [-0.4, -0.2) is 26.0 Å². The summed E-state index contributed by atoms with van der Waals surface area (Å²) in [6.07, 6.45) is 1.16. The van der Waals surface area contributed by atoms with Gasteiger partial charge in [-0.15, -0.1) is 0 Å². The highest BCUT2D eigenvalue weighted by Crippen LogP contribution is 2.14. The van der Waals surface area contributed by atoms with E-state index in [-0.39, 0.29) is 11.0 Å². The molecule has 1 unspecified atom stereocenters. The van der Waals surface area contributed by atoms with Crippen molar-refractivity contribution in [2.45, 2.75) is 31.9 Å². The van der Waals surface area contributed by atoms with E-state index in [9.17, 15) is 8.42 Å². The van der Waals surface area contributed by atoms with Crippen LogP contribution in [0, 0.1) is 0 Å². The molecule has 0 spiro atoms. The molecule has 0 aliphatic rings. The van der Waals surface area contributed by atoms with Crippen LogP contribution in [0.2, 0.25) is 0 Å². The van der Waals surface area contributed by atoms with Crippen molar-refractivity contribution in [3.05, 3.63) is 24.3 Å². The summed E-state index contributed by atoms with van der Waals surface area (Å²) in [6, 6.07) is 7.06. The van der Waals surface area contributed by atoms with Gasteiger partial charge in [0.25, 0.3) is 0 Å². The summed E-state index contributed by atoms with van der Waals surface area (Å²) in [6.45, 7) is 4.03. The fourth-order valence-electron chi connectivity index (χ4n) is 1.47. The first-order chi connectivity index (χ1) is 8.45. The average Bonchev–Trinajstić information content (AvgIpc) is 2.35. The molecule has 0 saturated carbocycles. The zero-order chi connectivity index (χ0) is 13.6. The fraction of sp³-hybridized carbons (Fsp3) is 0.538. The standard InChI is InChI=1S/C13H21NO3S/c1-3-11(2)18(15,16)10-4-9-17-13-7-5-12(14)6-8-13/h5-8,11H,3-4,9-10,14H2,1-2H3. The third-order valence-electron chi connectivity index (χ3n) is 2.91. The second-order valence-electron chi connectivity index (χ2n) is 4.36. The van der Waals surface area contributed by atoms with Crippen LogP contribution in [0.1, 0.15) is 26.7 Å². The summed E-state index contributed by atoms with van der Waals surface area (Å²) in [5.74, 6) is 0.891. The zero-order valence-corrected chi connectivity index (χ0v) is 11.7. The Hall–Kier alpha value is -1.23. The molecule has 4 nitrogen and oxygen atoms in total. The third kappa shape index (κ3) is 4.56. The highest BCUT2D eigenvalue weighted by atomic mass is 32.2. The fourth-order valence-corrected chi connectivity index (χ4v) is 2.90. The zero-order valence-electron chi connectivity index (χ0n) is 10.9. The smallest absolute Gasteiger partial charge is 0.153 e. The number of nitrogen functional groups attached to an aromatic ring is 1. The molecule has 18 heavy (non-hydrogen) atoms. The van der Waals surface area contributed by atoms with Gasteiger partial charge in [-0.2, -0.15) is 0 Å². The molecule has 0 bridgehead atoms. The van der Waals surface area contributed by atoms with Crippen molar-refractivity contribution < 1.29 is 13.2 Å². The van der Waals surface area contributed by atoms with Gasteiger partial charge in [0, 0.05) is 5.69 Å². The first-order valence-corrected chi connectivity index (χ1v) is 7.87. The molecular formula is C13H21NO3S. The molecule has 0 heterocycles. The van der Waals surface area contributed by atoms with E-state index in [1.807, 2.05) is 6.92 Å². The third-order valence-corrected chi connectivity index (χ3v) is 5.33. The second kappa shape index (κ2) is 6.64. The summed E-state index contributed by atoms with van der Waals surface area (Å²) in [5.41, 5.74) is 6.23. The average molecular weight is 271 g/mol. The lowest BCUT2D eigenvalue weighted by atomic mass is 10.3. The molecule has 1 aromatic carbocycles. The molecule has 0 fully saturated rings. The van der Waals surface area contributed by atoms with E-state index >= 15 is 0 Å². The minimum Gasteiger partial charge on any atom is -0.494 e. The highest BCUT2D eigenvalue weighted by Gasteiger charge is 2.18. The van der Waals surface area contributed by atoms with E-state index < -0.39 is 9.84 Å². The van der Waals surface area contributed by atoms with Crippen molar-refractivity contribution in [2.24, 2.45) is 0 Å². The van der Waals surface area contributed by atoms with Crippen LogP contribution in [-0.2, 0) is 9.84 Å². The van der Waals surface area contributed by atoms with Gasteiger partial charge in [0.05, 0.1) is 17.6 Å². The van der Waals surface area contributed by atoms with Gasteiger partial charge in [-0.05, 0) is 44.0 Å². The quantitative estimate of drug-likeness (QED) is 0.610. The summed E-state index contributed by atoms with van der Waals surface area (Å²) in [4.78, 5) is 0.